The predicted molar refractivity (Wildman–Crippen MR) is 123 cm³/mol. The largest absolute Gasteiger partial charge is 0.508 e. The Morgan fingerprint density at radius 1 is 1.09 bits per heavy atom. The highest BCUT2D eigenvalue weighted by molar-refractivity contribution is 5.78. The van der Waals surface area contributed by atoms with Crippen molar-refractivity contribution < 1.29 is 19.4 Å². The van der Waals surface area contributed by atoms with Gasteiger partial charge in [0.25, 0.3) is 0 Å². The number of hydrogen-bond donors (Lipinski definition) is 2. The fourth-order valence-electron chi connectivity index (χ4n) is 5.15. The molecule has 172 valence electrons. The molecule has 0 atom stereocenters. The first-order chi connectivity index (χ1) is 15.4. The Labute approximate surface area is 189 Å². The highest BCUT2D eigenvalue weighted by Gasteiger charge is 2.50. The number of ether oxygens (including phenoxy) is 2. The second-order valence-corrected chi connectivity index (χ2v) is 9.24. The van der Waals surface area contributed by atoms with Crippen molar-refractivity contribution in [3.8, 4) is 11.5 Å². The standard InChI is InChI=1S/C25H33N3O4/c1-27(2)25(20-5-4-6-22(15-20)32-18-31-3)13-11-24(12-14-25)17-28(23(30)26-24)16-19-7-9-21(29)10-8-19/h4-10,15,29H,11-14,16-18H2,1-3H3,(H,26,30)/t24-,25+. The van der Waals surface area contributed by atoms with Gasteiger partial charge in [-0.3, -0.25) is 4.90 Å². The number of phenols is 1. The zero-order valence-electron chi connectivity index (χ0n) is 19.1. The minimum Gasteiger partial charge on any atom is -0.508 e. The van der Waals surface area contributed by atoms with Gasteiger partial charge in [-0.25, -0.2) is 4.79 Å². The molecule has 1 saturated heterocycles. The summed E-state index contributed by atoms with van der Waals surface area (Å²) in [5.74, 6) is 1.04. The lowest BCUT2D eigenvalue weighted by atomic mass is 9.69. The molecule has 0 radical (unpaired) electrons. The van der Waals surface area contributed by atoms with Gasteiger partial charge in [0.15, 0.2) is 6.79 Å². The molecule has 0 aromatic heterocycles. The van der Waals surface area contributed by atoms with Crippen molar-refractivity contribution in [3.63, 3.8) is 0 Å². The van der Waals surface area contributed by atoms with E-state index in [0.717, 1.165) is 37.0 Å². The number of aromatic hydroxyl groups is 1. The summed E-state index contributed by atoms with van der Waals surface area (Å²) in [6, 6.07) is 15.3. The molecule has 0 bridgehead atoms. The van der Waals surface area contributed by atoms with Crippen LogP contribution in [0, 0.1) is 0 Å². The van der Waals surface area contributed by atoms with Crippen LogP contribution in [0.3, 0.4) is 0 Å². The maximum atomic E-state index is 12.8. The number of hydrogen-bond acceptors (Lipinski definition) is 5. The van der Waals surface area contributed by atoms with Crippen LogP contribution in [0.1, 0.15) is 36.8 Å². The molecule has 32 heavy (non-hydrogen) atoms. The molecule has 1 saturated carbocycles. The van der Waals surface area contributed by atoms with Crippen LogP contribution in [0.5, 0.6) is 11.5 Å². The number of nitrogens with zero attached hydrogens (tertiary/aromatic N) is 2. The van der Waals surface area contributed by atoms with Gasteiger partial charge in [0.1, 0.15) is 11.5 Å². The van der Waals surface area contributed by atoms with Crippen molar-refractivity contribution in [2.24, 2.45) is 0 Å². The molecule has 2 N–H and O–H groups in total. The first kappa shape index (κ1) is 22.4. The van der Waals surface area contributed by atoms with Gasteiger partial charge >= 0.3 is 6.03 Å². The summed E-state index contributed by atoms with van der Waals surface area (Å²) in [6.45, 7) is 1.48. The van der Waals surface area contributed by atoms with E-state index in [1.54, 1.807) is 19.2 Å². The molecule has 1 aliphatic heterocycles. The second-order valence-electron chi connectivity index (χ2n) is 9.24. The molecule has 7 heteroatoms. The Hall–Kier alpha value is -2.77. The summed E-state index contributed by atoms with van der Waals surface area (Å²) in [6.07, 6.45) is 3.71. The minimum absolute atomic E-state index is 0.00890. The molecule has 7 nitrogen and oxygen atoms in total. The molecular formula is C25H33N3O4. The normalized spacial score (nSPS) is 25.4. The molecule has 2 aromatic rings. The molecule has 2 fully saturated rings. The summed E-state index contributed by atoms with van der Waals surface area (Å²) in [7, 11) is 5.88. The molecule has 1 heterocycles. The van der Waals surface area contributed by atoms with Gasteiger partial charge in [-0.2, -0.15) is 0 Å². The molecular weight excluding hydrogens is 406 g/mol. The molecule has 4 rings (SSSR count). The topological polar surface area (TPSA) is 74.3 Å². The van der Waals surface area contributed by atoms with E-state index in [1.807, 2.05) is 29.2 Å². The minimum atomic E-state index is -0.197. The van der Waals surface area contributed by atoms with Gasteiger partial charge in [0, 0.05) is 25.7 Å². The number of carbonyl (C=O) groups is 1. The van der Waals surface area contributed by atoms with Gasteiger partial charge in [-0.1, -0.05) is 24.3 Å². The molecule has 2 aromatic carbocycles. The third-order valence-electron chi connectivity index (χ3n) is 7.07. The fraction of sp³-hybridized carbons (Fsp3) is 0.480. The van der Waals surface area contributed by atoms with Crippen molar-refractivity contribution in [2.45, 2.75) is 43.3 Å². The van der Waals surface area contributed by atoms with Gasteiger partial charge < -0.3 is 24.8 Å². The first-order valence-corrected chi connectivity index (χ1v) is 11.1. The summed E-state index contributed by atoms with van der Waals surface area (Å²) in [5, 5.41) is 12.8. The van der Waals surface area contributed by atoms with Crippen LogP contribution < -0.4 is 10.1 Å². The maximum Gasteiger partial charge on any atom is 0.318 e. The van der Waals surface area contributed by atoms with E-state index in [-0.39, 0.29) is 29.7 Å². The third-order valence-corrected chi connectivity index (χ3v) is 7.07. The lowest BCUT2D eigenvalue weighted by Gasteiger charge is -2.48. The van der Waals surface area contributed by atoms with E-state index < -0.39 is 0 Å². The average molecular weight is 440 g/mol. The van der Waals surface area contributed by atoms with E-state index >= 15 is 0 Å². The van der Waals surface area contributed by atoms with Crippen LogP contribution in [0.25, 0.3) is 0 Å². The van der Waals surface area contributed by atoms with E-state index in [2.05, 4.69) is 36.4 Å². The molecule has 2 aliphatic rings. The van der Waals surface area contributed by atoms with Crippen LogP contribution in [-0.2, 0) is 16.8 Å². The Bertz CT molecular complexity index is 936. The number of urea groups is 1. The highest BCUT2D eigenvalue weighted by atomic mass is 16.7. The third kappa shape index (κ3) is 4.40. The molecule has 2 amide bonds. The number of rotatable bonds is 7. The fourth-order valence-corrected chi connectivity index (χ4v) is 5.15. The van der Waals surface area contributed by atoms with Crippen LogP contribution >= 0.6 is 0 Å². The summed E-state index contributed by atoms with van der Waals surface area (Å²) >= 11 is 0. The monoisotopic (exact) mass is 439 g/mol. The summed E-state index contributed by atoms with van der Waals surface area (Å²) in [5.41, 5.74) is 1.95. The zero-order chi connectivity index (χ0) is 22.8. The quantitative estimate of drug-likeness (QED) is 0.644. The lowest BCUT2D eigenvalue weighted by Crippen LogP contribution is -2.54. The Morgan fingerprint density at radius 3 is 2.47 bits per heavy atom. The predicted octanol–water partition coefficient (Wildman–Crippen LogP) is 3.67. The number of phenolic OH excluding ortho intramolecular Hbond substituents is 1. The van der Waals surface area contributed by atoms with Crippen LogP contribution in [-0.4, -0.2) is 61.0 Å². The second kappa shape index (κ2) is 9.00. The Morgan fingerprint density at radius 2 is 1.81 bits per heavy atom. The maximum absolute atomic E-state index is 12.8. The smallest absolute Gasteiger partial charge is 0.318 e. The molecule has 1 aliphatic carbocycles. The van der Waals surface area contributed by atoms with E-state index in [1.165, 1.54) is 5.56 Å². The van der Waals surface area contributed by atoms with Gasteiger partial charge in [-0.05, 0) is 75.2 Å². The van der Waals surface area contributed by atoms with Crippen LogP contribution in [0.15, 0.2) is 48.5 Å². The number of amides is 2. The van der Waals surface area contributed by atoms with Crippen molar-refractivity contribution >= 4 is 6.03 Å². The first-order valence-electron chi connectivity index (χ1n) is 11.1. The van der Waals surface area contributed by atoms with Gasteiger partial charge in [0.2, 0.25) is 0 Å². The number of nitrogens with one attached hydrogen (secondary N) is 1. The Kier molecular flexibility index (Phi) is 6.31. The van der Waals surface area contributed by atoms with E-state index in [9.17, 15) is 9.90 Å². The highest BCUT2D eigenvalue weighted by Crippen LogP contribution is 2.46. The number of carbonyl (C=O) groups excluding carboxylic acids is 1. The zero-order valence-corrected chi connectivity index (χ0v) is 19.1. The Balaban J connectivity index is 1.47. The van der Waals surface area contributed by atoms with Crippen LogP contribution in [0.4, 0.5) is 4.79 Å². The van der Waals surface area contributed by atoms with Gasteiger partial charge in [0.05, 0.1) is 5.54 Å². The van der Waals surface area contributed by atoms with Gasteiger partial charge in [-0.15, -0.1) is 0 Å². The average Bonchev–Trinajstić information content (AvgIpc) is 3.09. The van der Waals surface area contributed by atoms with E-state index in [0.29, 0.717) is 13.1 Å². The van der Waals surface area contributed by atoms with E-state index in [4.69, 9.17) is 9.47 Å². The lowest BCUT2D eigenvalue weighted by molar-refractivity contribution is 0.0488. The SMILES string of the molecule is COCOc1cccc([C@]2(N(C)C)CC[C@@]3(CC2)CN(Cc2ccc(O)cc2)C(=O)N3)c1. The van der Waals surface area contributed by atoms with Crippen molar-refractivity contribution in [1.82, 2.24) is 15.1 Å². The summed E-state index contributed by atoms with van der Waals surface area (Å²) in [4.78, 5) is 16.9. The molecule has 1 spiro atoms. The van der Waals surface area contributed by atoms with Crippen molar-refractivity contribution in [1.29, 1.82) is 0 Å². The number of benzene rings is 2. The van der Waals surface area contributed by atoms with Crippen LogP contribution in [0.2, 0.25) is 0 Å². The summed E-state index contributed by atoms with van der Waals surface area (Å²) < 4.78 is 10.7. The number of methoxy groups -OCH3 is 1. The van der Waals surface area contributed by atoms with Crippen molar-refractivity contribution in [2.75, 3.05) is 34.5 Å². The van der Waals surface area contributed by atoms with Crippen molar-refractivity contribution in [3.05, 3.63) is 59.7 Å². The molecule has 0 unspecified atom stereocenters.